The fraction of sp³-hybridized carbons (Fsp3) is 0.0526. The van der Waals surface area contributed by atoms with Crippen LogP contribution >= 0.6 is 11.3 Å². The quantitative estimate of drug-likeness (QED) is 0.484. The molecule has 0 saturated carbocycles. The van der Waals surface area contributed by atoms with Crippen LogP contribution in [0.3, 0.4) is 0 Å². The summed E-state index contributed by atoms with van der Waals surface area (Å²) < 4.78 is 0. The van der Waals surface area contributed by atoms with Gasteiger partial charge in [-0.15, -0.1) is 11.3 Å². The second kappa shape index (κ2) is 7.74. The van der Waals surface area contributed by atoms with Crippen LogP contribution in [-0.2, 0) is 4.79 Å². The molecular formula is C19H16N2O3S. The van der Waals surface area contributed by atoms with E-state index in [-0.39, 0.29) is 5.91 Å². The van der Waals surface area contributed by atoms with Crippen LogP contribution in [0.1, 0.15) is 26.7 Å². The van der Waals surface area contributed by atoms with Gasteiger partial charge < -0.3 is 5.32 Å². The first kappa shape index (κ1) is 16.9. The fourth-order valence-corrected chi connectivity index (χ4v) is 3.18. The van der Waals surface area contributed by atoms with Gasteiger partial charge >= 0.3 is 0 Å². The number of anilines is 1. The largest absolute Gasteiger partial charge is 0.321 e. The molecule has 25 heavy (non-hydrogen) atoms. The highest BCUT2D eigenvalue weighted by molar-refractivity contribution is 7.12. The molecule has 0 aliphatic carbocycles. The molecule has 0 spiro atoms. The lowest BCUT2D eigenvalue weighted by molar-refractivity contribution is -0.129. The summed E-state index contributed by atoms with van der Waals surface area (Å²) >= 11 is 1.37. The Morgan fingerprint density at radius 1 is 0.880 bits per heavy atom. The van der Waals surface area contributed by atoms with Crippen LogP contribution in [0.5, 0.6) is 0 Å². The summed E-state index contributed by atoms with van der Waals surface area (Å²) in [4.78, 5) is 24.8. The van der Waals surface area contributed by atoms with Crippen molar-refractivity contribution in [3.05, 3.63) is 88.1 Å². The van der Waals surface area contributed by atoms with Crippen molar-refractivity contribution in [1.29, 1.82) is 0 Å². The van der Waals surface area contributed by atoms with Crippen LogP contribution in [0, 0.1) is 0 Å². The van der Waals surface area contributed by atoms with E-state index in [1.807, 2.05) is 41.8 Å². The lowest BCUT2D eigenvalue weighted by Gasteiger charge is -2.16. The van der Waals surface area contributed by atoms with Gasteiger partial charge in [0.15, 0.2) is 0 Å². The lowest BCUT2D eigenvalue weighted by atomic mass is 9.90. The first-order valence-electron chi connectivity index (χ1n) is 7.63. The highest BCUT2D eigenvalue weighted by Crippen LogP contribution is 2.26. The first-order valence-corrected chi connectivity index (χ1v) is 8.50. The normalized spacial score (nSPS) is 11.6. The summed E-state index contributed by atoms with van der Waals surface area (Å²) in [5.74, 6) is -1.31. The van der Waals surface area contributed by atoms with Gasteiger partial charge in [-0.2, -0.15) is 0 Å². The lowest BCUT2D eigenvalue weighted by Crippen LogP contribution is -2.27. The van der Waals surface area contributed by atoms with Crippen LogP contribution < -0.4 is 10.8 Å². The Balaban J connectivity index is 1.82. The van der Waals surface area contributed by atoms with Crippen LogP contribution in [-0.4, -0.2) is 17.0 Å². The average Bonchev–Trinajstić information content (AvgIpc) is 3.19. The molecule has 0 aliphatic heterocycles. The van der Waals surface area contributed by atoms with E-state index in [1.54, 1.807) is 35.8 Å². The van der Waals surface area contributed by atoms with Gasteiger partial charge in [0.05, 0.1) is 10.8 Å². The van der Waals surface area contributed by atoms with Crippen molar-refractivity contribution >= 4 is 28.8 Å². The molecule has 1 unspecified atom stereocenters. The highest BCUT2D eigenvalue weighted by Gasteiger charge is 2.22. The second-order valence-electron chi connectivity index (χ2n) is 5.37. The Morgan fingerprint density at radius 3 is 2.16 bits per heavy atom. The second-order valence-corrected chi connectivity index (χ2v) is 6.32. The molecule has 3 aromatic rings. The number of thiophene rings is 1. The van der Waals surface area contributed by atoms with E-state index in [0.29, 0.717) is 16.1 Å². The number of carbonyl (C=O) groups excluding carboxylic acids is 2. The molecule has 0 bridgehead atoms. The molecule has 3 N–H and O–H groups in total. The molecule has 0 aliphatic rings. The summed E-state index contributed by atoms with van der Waals surface area (Å²) in [6.07, 6.45) is 0. The molecular weight excluding hydrogens is 336 g/mol. The molecule has 5 nitrogen and oxygen atoms in total. The maximum Gasteiger partial charge on any atom is 0.265 e. The van der Waals surface area contributed by atoms with E-state index in [2.05, 4.69) is 5.32 Å². The Morgan fingerprint density at radius 2 is 1.56 bits per heavy atom. The first-order chi connectivity index (χ1) is 12.2. The standard InChI is InChI=1S/C19H16N2O3S/c22-18(16-7-4-12-25-16)20-15-10-8-14(9-11-15)17(19(23)21-24)13-5-2-1-3-6-13/h1-12,17,24H,(H,20,22)(H,21,23). The van der Waals surface area contributed by atoms with E-state index >= 15 is 0 Å². The average molecular weight is 352 g/mol. The predicted molar refractivity (Wildman–Crippen MR) is 96.9 cm³/mol. The van der Waals surface area contributed by atoms with Gasteiger partial charge in [-0.25, -0.2) is 5.48 Å². The Bertz CT molecular complexity index is 846. The van der Waals surface area contributed by atoms with Crippen molar-refractivity contribution in [3.8, 4) is 0 Å². The number of amides is 2. The number of hydroxylamine groups is 1. The smallest absolute Gasteiger partial charge is 0.265 e. The number of nitrogens with one attached hydrogen (secondary N) is 2. The highest BCUT2D eigenvalue weighted by atomic mass is 32.1. The molecule has 0 radical (unpaired) electrons. The Kier molecular flexibility index (Phi) is 5.23. The zero-order chi connectivity index (χ0) is 17.6. The summed E-state index contributed by atoms with van der Waals surface area (Å²) in [5.41, 5.74) is 3.84. The molecule has 1 heterocycles. The van der Waals surface area contributed by atoms with Gasteiger partial charge in [-0.05, 0) is 34.7 Å². The number of hydrogen-bond acceptors (Lipinski definition) is 4. The molecule has 3 rings (SSSR count). The summed E-state index contributed by atoms with van der Waals surface area (Å²) in [6, 6.07) is 19.8. The number of rotatable bonds is 5. The minimum atomic E-state index is -0.631. The zero-order valence-electron chi connectivity index (χ0n) is 13.2. The minimum Gasteiger partial charge on any atom is -0.321 e. The minimum absolute atomic E-state index is 0.171. The van der Waals surface area contributed by atoms with E-state index in [1.165, 1.54) is 11.3 Å². The van der Waals surface area contributed by atoms with Gasteiger partial charge in [0.1, 0.15) is 0 Å². The van der Waals surface area contributed by atoms with Gasteiger partial charge in [0.25, 0.3) is 11.8 Å². The molecule has 2 aromatic carbocycles. The van der Waals surface area contributed by atoms with Crippen LogP contribution in [0.15, 0.2) is 72.1 Å². The SMILES string of the molecule is O=C(Nc1ccc(C(C(=O)NO)c2ccccc2)cc1)c1cccs1. The van der Waals surface area contributed by atoms with Gasteiger partial charge in [0.2, 0.25) is 0 Å². The number of carbonyl (C=O) groups is 2. The summed E-state index contributed by atoms with van der Waals surface area (Å²) in [7, 11) is 0. The third kappa shape index (κ3) is 3.93. The van der Waals surface area contributed by atoms with E-state index in [4.69, 9.17) is 5.21 Å². The van der Waals surface area contributed by atoms with Gasteiger partial charge in [-0.3, -0.25) is 14.8 Å². The fourth-order valence-electron chi connectivity index (χ4n) is 2.56. The zero-order valence-corrected chi connectivity index (χ0v) is 14.0. The molecule has 2 amide bonds. The Hall–Kier alpha value is -2.96. The predicted octanol–water partition coefficient (Wildman–Crippen LogP) is 3.64. The third-order valence-electron chi connectivity index (χ3n) is 3.75. The van der Waals surface area contributed by atoms with E-state index in [9.17, 15) is 9.59 Å². The van der Waals surface area contributed by atoms with Crippen molar-refractivity contribution in [1.82, 2.24) is 5.48 Å². The maximum absolute atomic E-state index is 12.1. The third-order valence-corrected chi connectivity index (χ3v) is 4.62. The van der Waals surface area contributed by atoms with Gasteiger partial charge in [0, 0.05) is 5.69 Å². The molecule has 1 atom stereocenters. The molecule has 1 aromatic heterocycles. The van der Waals surface area contributed by atoms with E-state index < -0.39 is 11.8 Å². The topological polar surface area (TPSA) is 78.4 Å². The van der Waals surface area contributed by atoms with Crippen LogP contribution in [0.25, 0.3) is 0 Å². The number of benzene rings is 2. The molecule has 126 valence electrons. The summed E-state index contributed by atoms with van der Waals surface area (Å²) in [5, 5.41) is 13.7. The monoisotopic (exact) mass is 352 g/mol. The number of hydrogen-bond donors (Lipinski definition) is 3. The van der Waals surface area contributed by atoms with Crippen molar-refractivity contribution in [3.63, 3.8) is 0 Å². The molecule has 0 fully saturated rings. The van der Waals surface area contributed by atoms with Crippen LogP contribution in [0.4, 0.5) is 5.69 Å². The maximum atomic E-state index is 12.1. The Labute approximate surface area is 148 Å². The van der Waals surface area contributed by atoms with Gasteiger partial charge in [-0.1, -0.05) is 48.5 Å². The molecule has 6 heteroatoms. The summed E-state index contributed by atoms with van der Waals surface area (Å²) in [6.45, 7) is 0. The van der Waals surface area contributed by atoms with Crippen molar-refractivity contribution in [2.24, 2.45) is 0 Å². The van der Waals surface area contributed by atoms with Crippen molar-refractivity contribution in [2.45, 2.75) is 5.92 Å². The van der Waals surface area contributed by atoms with Crippen molar-refractivity contribution in [2.75, 3.05) is 5.32 Å². The van der Waals surface area contributed by atoms with Crippen molar-refractivity contribution < 1.29 is 14.8 Å². The molecule has 0 saturated heterocycles. The van der Waals surface area contributed by atoms with E-state index in [0.717, 1.165) is 5.56 Å². The van der Waals surface area contributed by atoms with Crippen LogP contribution in [0.2, 0.25) is 0 Å².